The van der Waals surface area contributed by atoms with Gasteiger partial charge in [0, 0.05) is 11.6 Å². The molecule has 0 saturated carbocycles. The van der Waals surface area contributed by atoms with Crippen LogP contribution in [0.1, 0.15) is 32.8 Å². The van der Waals surface area contributed by atoms with Gasteiger partial charge in [0.05, 0.1) is 22.6 Å². The average molecular weight is 516 g/mol. The highest BCUT2D eigenvalue weighted by Gasteiger charge is 2.23. The molecular weight excluding hydrogens is 490 g/mol. The molecule has 0 aliphatic heterocycles. The Morgan fingerprint density at radius 1 is 1.08 bits per heavy atom. The van der Waals surface area contributed by atoms with Crippen molar-refractivity contribution in [2.24, 2.45) is 0 Å². The normalized spacial score (nSPS) is 11.2. The Morgan fingerprint density at radius 2 is 1.78 bits per heavy atom. The molecule has 0 atom stereocenters. The minimum absolute atomic E-state index is 0.0926. The number of carbonyl (C=O) groups is 2. The van der Waals surface area contributed by atoms with Gasteiger partial charge in [0.15, 0.2) is 6.61 Å². The van der Waals surface area contributed by atoms with Crippen LogP contribution in [0.5, 0.6) is 0 Å². The van der Waals surface area contributed by atoms with Gasteiger partial charge in [-0.3, -0.25) is 19.7 Å². The maximum atomic E-state index is 12.6. The number of nitro groups is 1. The molecule has 3 rings (SSSR count). The fourth-order valence-electron chi connectivity index (χ4n) is 3.70. The number of furan rings is 1. The topological polar surface area (TPSA) is 158 Å². The molecule has 1 aromatic heterocycles. The third-order valence-corrected chi connectivity index (χ3v) is 6.63. The summed E-state index contributed by atoms with van der Waals surface area (Å²) in [5, 5.41) is 14.3. The number of Topliss-reactive ketones (excluding diaryl/α,β-unsaturated/α-hetero) is 1. The second-order valence-corrected chi connectivity index (χ2v) is 9.82. The average Bonchev–Trinajstić information content (AvgIpc) is 3.33. The van der Waals surface area contributed by atoms with Crippen molar-refractivity contribution in [2.45, 2.75) is 32.2 Å². The van der Waals surface area contributed by atoms with Gasteiger partial charge in [0.25, 0.3) is 5.69 Å². The predicted molar refractivity (Wildman–Crippen MR) is 130 cm³/mol. The van der Waals surface area contributed by atoms with E-state index in [1.165, 1.54) is 12.3 Å². The van der Waals surface area contributed by atoms with Gasteiger partial charge in [-0.2, -0.15) is 4.72 Å². The highest BCUT2D eigenvalue weighted by atomic mass is 32.2. The van der Waals surface area contributed by atoms with Gasteiger partial charge in [-0.15, -0.1) is 0 Å². The number of aryl methyl sites for hydroxylation is 3. The van der Waals surface area contributed by atoms with Crippen molar-refractivity contribution in [3.63, 3.8) is 0 Å². The lowest BCUT2D eigenvalue weighted by atomic mass is 9.97. The molecule has 12 heteroatoms. The number of anilines is 1. The van der Waals surface area contributed by atoms with Gasteiger partial charge in [-0.1, -0.05) is 17.7 Å². The van der Waals surface area contributed by atoms with E-state index in [0.717, 1.165) is 28.8 Å². The lowest BCUT2D eigenvalue weighted by Crippen LogP contribution is -2.31. The Bertz CT molecular complexity index is 1380. The summed E-state index contributed by atoms with van der Waals surface area (Å²) in [5.74, 6) is -0.845. The van der Waals surface area contributed by atoms with E-state index in [0.29, 0.717) is 11.3 Å². The number of carbonyl (C=O) groups excluding carboxylic acids is 2. The van der Waals surface area contributed by atoms with Crippen LogP contribution in [0.2, 0.25) is 0 Å². The first-order chi connectivity index (χ1) is 17.0. The van der Waals surface area contributed by atoms with Crippen LogP contribution in [-0.2, 0) is 26.1 Å². The Balaban J connectivity index is 1.61. The first kappa shape index (κ1) is 26.6. The number of sulfonamides is 1. The summed E-state index contributed by atoms with van der Waals surface area (Å²) in [5.41, 5.74) is 2.56. The van der Waals surface area contributed by atoms with E-state index < -0.39 is 50.4 Å². The maximum absolute atomic E-state index is 12.6. The van der Waals surface area contributed by atoms with Gasteiger partial charge in [0.1, 0.15) is 18.0 Å². The molecule has 0 amide bonds. The molecule has 0 radical (unpaired) electrons. The zero-order chi connectivity index (χ0) is 26.5. The van der Waals surface area contributed by atoms with Crippen molar-refractivity contribution in [1.82, 2.24) is 4.72 Å². The number of benzene rings is 2. The fourth-order valence-corrected chi connectivity index (χ4v) is 4.69. The largest absolute Gasteiger partial charge is 0.467 e. The van der Waals surface area contributed by atoms with Crippen molar-refractivity contribution in [1.29, 1.82) is 0 Å². The Kier molecular flexibility index (Phi) is 8.22. The van der Waals surface area contributed by atoms with Gasteiger partial charge >= 0.3 is 5.97 Å². The summed E-state index contributed by atoms with van der Waals surface area (Å²) in [4.78, 5) is 34.9. The van der Waals surface area contributed by atoms with Crippen LogP contribution in [-0.4, -0.2) is 38.2 Å². The third kappa shape index (κ3) is 6.55. The van der Waals surface area contributed by atoms with E-state index in [-0.39, 0.29) is 12.2 Å². The summed E-state index contributed by atoms with van der Waals surface area (Å²) in [7, 11) is -4.28. The molecule has 0 bridgehead atoms. The minimum atomic E-state index is -4.28. The molecule has 190 valence electrons. The number of hydrogen-bond donors (Lipinski definition) is 2. The molecule has 1 heterocycles. The van der Waals surface area contributed by atoms with Crippen molar-refractivity contribution in [3.05, 3.63) is 86.9 Å². The van der Waals surface area contributed by atoms with E-state index in [1.54, 1.807) is 26.0 Å². The number of esters is 1. The number of ether oxygens (including phenoxy) is 1. The lowest BCUT2D eigenvalue weighted by Gasteiger charge is -2.11. The minimum Gasteiger partial charge on any atom is -0.467 e. The van der Waals surface area contributed by atoms with E-state index >= 15 is 0 Å². The van der Waals surface area contributed by atoms with E-state index in [1.807, 2.05) is 23.8 Å². The summed E-state index contributed by atoms with van der Waals surface area (Å²) in [6.07, 6.45) is 1.46. The molecule has 0 fully saturated rings. The first-order valence-electron chi connectivity index (χ1n) is 10.8. The second-order valence-electron chi connectivity index (χ2n) is 8.05. The van der Waals surface area contributed by atoms with Crippen molar-refractivity contribution < 1.29 is 32.1 Å². The zero-order valence-corrected chi connectivity index (χ0v) is 20.7. The van der Waals surface area contributed by atoms with Crippen molar-refractivity contribution in [3.8, 4) is 0 Å². The Morgan fingerprint density at radius 3 is 2.39 bits per heavy atom. The van der Waals surface area contributed by atoms with Crippen LogP contribution in [0.3, 0.4) is 0 Å². The molecule has 2 N–H and O–H groups in total. The third-order valence-electron chi connectivity index (χ3n) is 5.24. The molecule has 0 aliphatic rings. The summed E-state index contributed by atoms with van der Waals surface area (Å²) in [6, 6.07) is 10.3. The van der Waals surface area contributed by atoms with E-state index in [9.17, 15) is 28.1 Å². The Labute approximate surface area is 207 Å². The fraction of sp³-hybridized carbons (Fsp3) is 0.250. The highest BCUT2D eigenvalue weighted by molar-refractivity contribution is 7.89. The van der Waals surface area contributed by atoms with Gasteiger partial charge < -0.3 is 14.5 Å². The quantitative estimate of drug-likeness (QED) is 0.169. The smallest absolute Gasteiger partial charge is 0.321 e. The number of hydrogen-bond acceptors (Lipinski definition) is 9. The zero-order valence-electron chi connectivity index (χ0n) is 19.9. The second kappa shape index (κ2) is 11.1. The number of nitrogens with zero attached hydrogens (tertiary/aromatic N) is 1. The van der Waals surface area contributed by atoms with Crippen LogP contribution < -0.4 is 10.0 Å². The molecule has 0 unspecified atom stereocenters. The van der Waals surface area contributed by atoms with Crippen LogP contribution >= 0.6 is 0 Å². The number of nitrogens with one attached hydrogen (secondary N) is 2. The highest BCUT2D eigenvalue weighted by Crippen LogP contribution is 2.28. The molecule has 3 aromatic rings. The summed E-state index contributed by atoms with van der Waals surface area (Å²) in [6.45, 7) is 4.31. The molecule has 0 saturated heterocycles. The van der Waals surface area contributed by atoms with Gasteiger partial charge in [-0.25, -0.2) is 8.42 Å². The molecule has 2 aromatic carbocycles. The van der Waals surface area contributed by atoms with Crippen molar-refractivity contribution >= 4 is 33.2 Å². The molecular formula is C24H25N3O8S. The molecule has 36 heavy (non-hydrogen) atoms. The number of ketones is 1. The van der Waals surface area contributed by atoms with Crippen LogP contribution in [0.15, 0.2) is 58.0 Å². The maximum Gasteiger partial charge on any atom is 0.321 e. The SMILES string of the molecule is Cc1cc(C)c(C(=O)COC(=O)CNS(=O)(=O)c2ccc(NCc3ccco3)c([N+](=O)[O-])c2)c(C)c1. The lowest BCUT2D eigenvalue weighted by molar-refractivity contribution is -0.384. The van der Waals surface area contributed by atoms with Gasteiger partial charge in [-0.05, 0) is 56.2 Å². The van der Waals surface area contributed by atoms with Crippen LogP contribution in [0.25, 0.3) is 0 Å². The first-order valence-corrected chi connectivity index (χ1v) is 12.3. The van der Waals surface area contributed by atoms with Crippen molar-refractivity contribution in [2.75, 3.05) is 18.5 Å². The van der Waals surface area contributed by atoms with Crippen LogP contribution in [0.4, 0.5) is 11.4 Å². The number of rotatable bonds is 11. The number of nitro benzene ring substituents is 1. The molecule has 11 nitrogen and oxygen atoms in total. The van der Waals surface area contributed by atoms with Crippen LogP contribution in [0, 0.1) is 30.9 Å². The van der Waals surface area contributed by atoms with E-state index in [2.05, 4.69) is 5.32 Å². The summed E-state index contributed by atoms with van der Waals surface area (Å²) < 4.78 is 37.3. The molecule has 0 spiro atoms. The molecule has 0 aliphatic carbocycles. The van der Waals surface area contributed by atoms with Gasteiger partial charge in [0.2, 0.25) is 15.8 Å². The Hall–Kier alpha value is -4.03. The van der Waals surface area contributed by atoms with E-state index in [4.69, 9.17) is 9.15 Å². The summed E-state index contributed by atoms with van der Waals surface area (Å²) >= 11 is 0. The predicted octanol–water partition coefficient (Wildman–Crippen LogP) is 3.43. The standard InChI is InChI=1S/C24H25N3O8S/c1-15-9-16(2)24(17(3)10-15)22(28)14-35-23(29)13-26-36(32,33)19-6-7-20(21(11-19)27(30)31)25-12-18-5-4-8-34-18/h4-11,25-26H,12-14H2,1-3H3. The monoisotopic (exact) mass is 515 g/mol.